The normalized spacial score (nSPS) is 13.7. The second kappa shape index (κ2) is 9.84. The fourth-order valence-corrected chi connectivity index (χ4v) is 2.58. The highest BCUT2D eigenvalue weighted by atomic mass is 32.2. The van der Waals surface area contributed by atoms with Crippen LogP contribution in [0.1, 0.15) is 52.0 Å². The van der Waals surface area contributed by atoms with Crippen molar-refractivity contribution in [3.05, 3.63) is 29.6 Å². The first-order chi connectivity index (χ1) is 12.7. The first kappa shape index (κ1) is 24.6. The third-order valence-corrected chi connectivity index (χ3v) is 4.07. The standard InChI is InChI=1S/C18H22F7NOS/c1-16(2,3)28-26-15(18(23,24)25)13-8-7-12(11-14(13)19)27-10-6-4-5-9-17(20,21)22/h7-8,11H,4-6,9-10H2,1-3H3/b26-15+. The van der Waals surface area contributed by atoms with Gasteiger partial charge >= 0.3 is 12.4 Å². The molecule has 0 radical (unpaired) electrons. The summed E-state index contributed by atoms with van der Waals surface area (Å²) in [5.41, 5.74) is -2.02. The molecule has 1 rings (SSSR count). The highest BCUT2D eigenvalue weighted by molar-refractivity contribution is 7.99. The van der Waals surface area contributed by atoms with Crippen LogP contribution >= 0.6 is 11.9 Å². The molecule has 0 aliphatic rings. The van der Waals surface area contributed by atoms with Gasteiger partial charge in [0.1, 0.15) is 11.6 Å². The van der Waals surface area contributed by atoms with Crippen molar-refractivity contribution in [1.82, 2.24) is 0 Å². The zero-order valence-electron chi connectivity index (χ0n) is 15.7. The van der Waals surface area contributed by atoms with Gasteiger partial charge in [-0.05, 0) is 64.1 Å². The van der Waals surface area contributed by atoms with Crippen LogP contribution in [-0.4, -0.2) is 29.4 Å². The van der Waals surface area contributed by atoms with Crippen LogP contribution in [-0.2, 0) is 0 Å². The van der Waals surface area contributed by atoms with Crippen molar-refractivity contribution in [3.8, 4) is 5.75 Å². The molecule has 1 aromatic carbocycles. The van der Waals surface area contributed by atoms with E-state index in [1.54, 1.807) is 20.8 Å². The van der Waals surface area contributed by atoms with E-state index >= 15 is 0 Å². The maximum atomic E-state index is 14.2. The monoisotopic (exact) mass is 433 g/mol. The molecule has 28 heavy (non-hydrogen) atoms. The molecule has 0 aliphatic heterocycles. The average Bonchev–Trinajstić information content (AvgIpc) is 2.49. The molecule has 10 heteroatoms. The summed E-state index contributed by atoms with van der Waals surface area (Å²) in [6.07, 6.45) is -9.38. The van der Waals surface area contributed by atoms with Crippen molar-refractivity contribution in [2.75, 3.05) is 6.61 Å². The van der Waals surface area contributed by atoms with Crippen LogP contribution in [0.2, 0.25) is 0 Å². The Labute approximate surface area is 163 Å². The summed E-state index contributed by atoms with van der Waals surface area (Å²) in [7, 11) is 0. The minimum atomic E-state index is -4.83. The molecule has 0 heterocycles. The number of benzene rings is 1. The van der Waals surface area contributed by atoms with Crippen LogP contribution in [0, 0.1) is 5.82 Å². The molecular formula is C18H22F7NOS. The lowest BCUT2D eigenvalue weighted by molar-refractivity contribution is -0.135. The molecule has 0 atom stereocenters. The Hall–Kier alpha value is -1.45. The van der Waals surface area contributed by atoms with E-state index in [0.29, 0.717) is 18.4 Å². The second-order valence-electron chi connectivity index (χ2n) is 7.06. The van der Waals surface area contributed by atoms with Gasteiger partial charge in [-0.2, -0.15) is 26.3 Å². The Morgan fingerprint density at radius 3 is 2.14 bits per heavy atom. The van der Waals surface area contributed by atoms with Crippen LogP contribution in [0.4, 0.5) is 30.7 Å². The van der Waals surface area contributed by atoms with E-state index in [9.17, 15) is 30.7 Å². The Kier molecular flexibility index (Phi) is 8.64. The summed E-state index contributed by atoms with van der Waals surface area (Å²) in [6, 6.07) is 2.93. The fourth-order valence-electron chi connectivity index (χ4n) is 2.01. The maximum Gasteiger partial charge on any atom is 0.434 e. The summed E-state index contributed by atoms with van der Waals surface area (Å²) in [5.74, 6) is -1.14. The molecule has 0 spiro atoms. The Balaban J connectivity index is 2.74. The van der Waals surface area contributed by atoms with Crippen molar-refractivity contribution in [2.24, 2.45) is 4.40 Å². The van der Waals surface area contributed by atoms with E-state index in [-0.39, 0.29) is 25.2 Å². The van der Waals surface area contributed by atoms with Gasteiger partial charge in [0.25, 0.3) is 0 Å². The van der Waals surface area contributed by atoms with Crippen LogP contribution in [0.25, 0.3) is 0 Å². The first-order valence-corrected chi connectivity index (χ1v) is 9.29. The van der Waals surface area contributed by atoms with Gasteiger partial charge in [-0.15, -0.1) is 0 Å². The molecule has 1 aromatic rings. The number of rotatable bonds is 8. The Morgan fingerprint density at radius 2 is 1.64 bits per heavy atom. The Bertz CT molecular complexity index is 663. The molecule has 0 N–H and O–H groups in total. The second-order valence-corrected chi connectivity index (χ2v) is 8.65. The molecular weight excluding hydrogens is 411 g/mol. The van der Waals surface area contributed by atoms with Crippen LogP contribution in [0.5, 0.6) is 5.75 Å². The third kappa shape index (κ3) is 9.66. The van der Waals surface area contributed by atoms with Gasteiger partial charge in [-0.1, -0.05) is 0 Å². The van der Waals surface area contributed by atoms with Gasteiger partial charge in [0.15, 0.2) is 5.71 Å². The molecule has 0 saturated heterocycles. The van der Waals surface area contributed by atoms with Gasteiger partial charge in [0.2, 0.25) is 0 Å². The van der Waals surface area contributed by atoms with Gasteiger partial charge in [-0.3, -0.25) is 0 Å². The predicted molar refractivity (Wildman–Crippen MR) is 96.4 cm³/mol. The predicted octanol–water partition coefficient (Wildman–Crippen LogP) is 7.13. The summed E-state index contributed by atoms with van der Waals surface area (Å²) in [4.78, 5) is 0. The maximum absolute atomic E-state index is 14.2. The number of hydrogen-bond acceptors (Lipinski definition) is 3. The third-order valence-electron chi connectivity index (χ3n) is 3.25. The molecule has 2 nitrogen and oxygen atoms in total. The molecule has 0 aromatic heterocycles. The zero-order valence-corrected chi connectivity index (χ0v) is 16.5. The van der Waals surface area contributed by atoms with Gasteiger partial charge in [-0.25, -0.2) is 8.79 Å². The summed E-state index contributed by atoms with van der Waals surface area (Å²) >= 11 is 0.689. The molecule has 0 bridgehead atoms. The topological polar surface area (TPSA) is 21.6 Å². The molecule has 0 aliphatic carbocycles. The largest absolute Gasteiger partial charge is 0.493 e. The number of halogens is 7. The summed E-state index contributed by atoms with van der Waals surface area (Å²) < 4.78 is 98.1. The molecule has 160 valence electrons. The van der Waals surface area contributed by atoms with E-state index in [1.807, 2.05) is 0 Å². The number of ether oxygens (including phenoxy) is 1. The lowest BCUT2D eigenvalue weighted by Crippen LogP contribution is -2.25. The fraction of sp³-hybridized carbons (Fsp3) is 0.611. The molecule has 0 saturated carbocycles. The van der Waals surface area contributed by atoms with Crippen molar-refractivity contribution in [1.29, 1.82) is 0 Å². The van der Waals surface area contributed by atoms with E-state index < -0.39 is 40.6 Å². The smallest absolute Gasteiger partial charge is 0.434 e. The molecule has 0 fully saturated rings. The highest BCUT2D eigenvalue weighted by Crippen LogP contribution is 2.32. The SMILES string of the molecule is CC(C)(C)S/N=C(\c1ccc(OCCCCCC(F)(F)F)cc1F)C(F)(F)F. The molecule has 0 unspecified atom stereocenters. The summed E-state index contributed by atoms with van der Waals surface area (Å²) in [6.45, 7) is 5.07. The average molecular weight is 433 g/mol. The van der Waals surface area contributed by atoms with E-state index in [4.69, 9.17) is 4.74 Å². The van der Waals surface area contributed by atoms with Crippen LogP contribution in [0.3, 0.4) is 0 Å². The number of nitrogens with zero attached hydrogens (tertiary/aromatic N) is 1. The highest BCUT2D eigenvalue weighted by Gasteiger charge is 2.39. The minimum Gasteiger partial charge on any atom is -0.493 e. The number of unbranched alkanes of at least 4 members (excludes halogenated alkanes) is 2. The summed E-state index contributed by atoms with van der Waals surface area (Å²) in [5, 5.41) is 0. The van der Waals surface area contributed by atoms with Crippen molar-refractivity contribution >= 4 is 17.7 Å². The molecule has 0 amide bonds. The van der Waals surface area contributed by atoms with Crippen LogP contribution < -0.4 is 4.74 Å². The quantitative estimate of drug-likeness (QED) is 0.188. The lowest BCUT2D eigenvalue weighted by atomic mass is 10.1. The van der Waals surface area contributed by atoms with Crippen molar-refractivity contribution in [3.63, 3.8) is 0 Å². The van der Waals surface area contributed by atoms with Gasteiger partial charge in [0.05, 0.1) is 6.61 Å². The van der Waals surface area contributed by atoms with Crippen LogP contribution in [0.15, 0.2) is 22.6 Å². The minimum absolute atomic E-state index is 0.00192. The van der Waals surface area contributed by atoms with E-state index in [2.05, 4.69) is 4.40 Å². The van der Waals surface area contributed by atoms with Gasteiger partial charge in [0, 0.05) is 22.8 Å². The van der Waals surface area contributed by atoms with E-state index in [0.717, 1.165) is 12.1 Å². The Morgan fingerprint density at radius 1 is 1.00 bits per heavy atom. The number of hydrogen-bond donors (Lipinski definition) is 0. The zero-order chi connectivity index (χ0) is 21.6. The van der Waals surface area contributed by atoms with Gasteiger partial charge < -0.3 is 4.74 Å². The van der Waals surface area contributed by atoms with Crippen molar-refractivity contribution in [2.45, 2.75) is 63.6 Å². The lowest BCUT2D eigenvalue weighted by Gasteiger charge is -2.17. The van der Waals surface area contributed by atoms with E-state index in [1.165, 1.54) is 6.07 Å². The number of alkyl halides is 6. The van der Waals surface area contributed by atoms with Crippen molar-refractivity contribution < 1.29 is 35.5 Å². The first-order valence-electron chi connectivity index (χ1n) is 8.52.